The summed E-state index contributed by atoms with van der Waals surface area (Å²) in [5, 5.41) is 0. The summed E-state index contributed by atoms with van der Waals surface area (Å²) in [7, 11) is 0. The quantitative estimate of drug-likeness (QED) is 0.805. The van der Waals surface area contributed by atoms with Crippen molar-refractivity contribution in [3.05, 3.63) is 28.8 Å². The summed E-state index contributed by atoms with van der Waals surface area (Å²) in [5.41, 5.74) is 17.2. The van der Waals surface area contributed by atoms with Crippen molar-refractivity contribution >= 4 is 5.69 Å². The van der Waals surface area contributed by atoms with Gasteiger partial charge in [-0.1, -0.05) is 31.9 Å². The van der Waals surface area contributed by atoms with Crippen LogP contribution in [-0.2, 0) is 12.8 Å². The van der Waals surface area contributed by atoms with E-state index in [0.29, 0.717) is 12.0 Å². The van der Waals surface area contributed by atoms with Gasteiger partial charge in [-0.25, -0.2) is 0 Å². The molecule has 0 heterocycles. The molecule has 2 atom stereocenters. The Morgan fingerprint density at radius 3 is 2.61 bits per heavy atom. The van der Waals surface area contributed by atoms with Crippen molar-refractivity contribution in [2.24, 2.45) is 11.7 Å². The smallest absolute Gasteiger partial charge is 0.0376 e. The summed E-state index contributed by atoms with van der Waals surface area (Å²) in [6.07, 6.45) is 7.25. The molecule has 1 aliphatic carbocycles. The van der Waals surface area contributed by atoms with Crippen molar-refractivity contribution in [3.8, 4) is 0 Å². The minimum atomic E-state index is 0.390. The van der Waals surface area contributed by atoms with Crippen LogP contribution in [-0.4, -0.2) is 6.04 Å². The van der Waals surface area contributed by atoms with Crippen LogP contribution in [0.1, 0.15) is 49.3 Å². The maximum atomic E-state index is 6.24. The van der Waals surface area contributed by atoms with Gasteiger partial charge in [0.2, 0.25) is 0 Å². The van der Waals surface area contributed by atoms with Gasteiger partial charge in [0.25, 0.3) is 0 Å². The third-order valence-electron chi connectivity index (χ3n) is 4.38. The predicted octanol–water partition coefficient (Wildman–Crippen LogP) is 3.20. The van der Waals surface area contributed by atoms with Crippen LogP contribution < -0.4 is 11.5 Å². The number of aryl methyl sites for hydroxylation is 2. The van der Waals surface area contributed by atoms with Gasteiger partial charge in [0, 0.05) is 11.7 Å². The molecule has 1 aromatic carbocycles. The molecular weight excluding hydrogens is 220 g/mol. The average Bonchev–Trinajstić information content (AvgIpc) is 2.36. The highest BCUT2D eigenvalue weighted by Crippen LogP contribution is 2.28. The molecule has 0 saturated heterocycles. The van der Waals surface area contributed by atoms with E-state index >= 15 is 0 Å². The Bertz CT molecular complexity index is 412. The Balaban J connectivity index is 2.15. The Labute approximate surface area is 111 Å². The topological polar surface area (TPSA) is 52.0 Å². The molecule has 2 heteroatoms. The number of hydrogen-bond acceptors (Lipinski definition) is 2. The van der Waals surface area contributed by atoms with Crippen LogP contribution in [0, 0.1) is 12.8 Å². The summed E-state index contributed by atoms with van der Waals surface area (Å²) in [6, 6.07) is 4.92. The van der Waals surface area contributed by atoms with Gasteiger partial charge < -0.3 is 11.5 Å². The largest absolute Gasteiger partial charge is 0.398 e. The van der Waals surface area contributed by atoms with Crippen molar-refractivity contribution < 1.29 is 0 Å². The molecule has 0 bridgehead atoms. The molecule has 0 amide bonds. The lowest BCUT2D eigenvalue weighted by Crippen LogP contribution is -2.34. The minimum Gasteiger partial charge on any atom is -0.398 e. The van der Waals surface area contributed by atoms with Crippen molar-refractivity contribution in [3.63, 3.8) is 0 Å². The van der Waals surface area contributed by atoms with E-state index in [4.69, 9.17) is 11.5 Å². The van der Waals surface area contributed by atoms with E-state index < -0.39 is 0 Å². The lowest BCUT2D eigenvalue weighted by molar-refractivity contribution is 0.306. The number of anilines is 1. The van der Waals surface area contributed by atoms with E-state index in [1.54, 1.807) is 0 Å². The first kappa shape index (κ1) is 13.4. The summed E-state index contributed by atoms with van der Waals surface area (Å²) in [4.78, 5) is 0. The fourth-order valence-corrected chi connectivity index (χ4v) is 3.16. The zero-order chi connectivity index (χ0) is 13.1. The molecule has 1 fully saturated rings. The van der Waals surface area contributed by atoms with E-state index in [0.717, 1.165) is 18.5 Å². The van der Waals surface area contributed by atoms with Crippen LogP contribution in [0.25, 0.3) is 0 Å². The molecule has 2 nitrogen and oxygen atoms in total. The van der Waals surface area contributed by atoms with Crippen molar-refractivity contribution in [2.45, 2.75) is 58.4 Å². The molecule has 1 aliphatic rings. The van der Waals surface area contributed by atoms with Gasteiger partial charge in [-0.05, 0) is 55.2 Å². The number of nitrogens with two attached hydrogens (primary N) is 2. The van der Waals surface area contributed by atoms with Crippen LogP contribution in [0.4, 0.5) is 5.69 Å². The molecule has 0 aromatic heterocycles. The summed E-state index contributed by atoms with van der Waals surface area (Å²) < 4.78 is 0. The number of nitrogen functional groups attached to an aromatic ring is 1. The highest BCUT2D eigenvalue weighted by molar-refractivity contribution is 5.55. The van der Waals surface area contributed by atoms with Crippen LogP contribution in [0.3, 0.4) is 0 Å². The van der Waals surface area contributed by atoms with Gasteiger partial charge in [0.15, 0.2) is 0 Å². The molecule has 0 spiro atoms. The maximum Gasteiger partial charge on any atom is 0.0376 e. The van der Waals surface area contributed by atoms with Gasteiger partial charge in [0.1, 0.15) is 0 Å². The van der Waals surface area contributed by atoms with E-state index in [-0.39, 0.29) is 0 Å². The molecule has 2 unspecified atom stereocenters. The molecule has 1 aromatic rings. The average molecular weight is 246 g/mol. The number of hydrogen-bond donors (Lipinski definition) is 2. The first-order valence-corrected chi connectivity index (χ1v) is 7.25. The zero-order valence-corrected chi connectivity index (χ0v) is 11.7. The third-order valence-corrected chi connectivity index (χ3v) is 4.38. The predicted molar refractivity (Wildman–Crippen MR) is 78.6 cm³/mol. The summed E-state index contributed by atoms with van der Waals surface area (Å²) in [6.45, 7) is 4.28. The second-order valence-corrected chi connectivity index (χ2v) is 5.75. The lowest BCUT2D eigenvalue weighted by Gasteiger charge is -2.29. The standard InChI is InChI=1S/C16H26N2/c1-3-13-9-12(8-11(2)16(13)18)10-14-6-4-5-7-15(14)17/h8-9,14-15H,3-7,10,17-18H2,1-2H3. The lowest BCUT2D eigenvalue weighted by atomic mass is 9.80. The fraction of sp³-hybridized carbons (Fsp3) is 0.625. The highest BCUT2D eigenvalue weighted by Gasteiger charge is 2.22. The molecule has 18 heavy (non-hydrogen) atoms. The Morgan fingerprint density at radius 2 is 1.94 bits per heavy atom. The Kier molecular flexibility index (Phi) is 4.28. The van der Waals surface area contributed by atoms with Crippen molar-refractivity contribution in [1.82, 2.24) is 0 Å². The fourth-order valence-electron chi connectivity index (χ4n) is 3.16. The molecule has 100 valence electrons. The van der Waals surface area contributed by atoms with Crippen LogP contribution >= 0.6 is 0 Å². The molecular formula is C16H26N2. The Morgan fingerprint density at radius 1 is 1.22 bits per heavy atom. The van der Waals surface area contributed by atoms with E-state index in [2.05, 4.69) is 26.0 Å². The minimum absolute atomic E-state index is 0.390. The van der Waals surface area contributed by atoms with Crippen molar-refractivity contribution in [2.75, 3.05) is 5.73 Å². The molecule has 0 radical (unpaired) electrons. The first-order chi connectivity index (χ1) is 8.61. The summed E-state index contributed by atoms with van der Waals surface area (Å²) in [5.74, 6) is 0.659. The van der Waals surface area contributed by atoms with Gasteiger partial charge in [-0.2, -0.15) is 0 Å². The zero-order valence-electron chi connectivity index (χ0n) is 11.7. The van der Waals surface area contributed by atoms with Crippen LogP contribution in [0.5, 0.6) is 0 Å². The van der Waals surface area contributed by atoms with Gasteiger partial charge in [-0.15, -0.1) is 0 Å². The van der Waals surface area contributed by atoms with Crippen LogP contribution in [0.15, 0.2) is 12.1 Å². The number of rotatable bonds is 3. The molecule has 0 aliphatic heterocycles. The van der Waals surface area contributed by atoms with Gasteiger partial charge in [0.05, 0.1) is 0 Å². The molecule has 2 rings (SSSR count). The summed E-state index contributed by atoms with van der Waals surface area (Å²) >= 11 is 0. The van der Waals surface area contributed by atoms with Crippen LogP contribution in [0.2, 0.25) is 0 Å². The Hall–Kier alpha value is -1.02. The first-order valence-electron chi connectivity index (χ1n) is 7.25. The maximum absolute atomic E-state index is 6.24. The van der Waals surface area contributed by atoms with Crippen molar-refractivity contribution in [1.29, 1.82) is 0 Å². The van der Waals surface area contributed by atoms with E-state index in [9.17, 15) is 0 Å². The molecule has 1 saturated carbocycles. The SMILES string of the molecule is CCc1cc(CC2CCCCC2N)cc(C)c1N. The molecule has 4 N–H and O–H groups in total. The second-order valence-electron chi connectivity index (χ2n) is 5.75. The monoisotopic (exact) mass is 246 g/mol. The van der Waals surface area contributed by atoms with Gasteiger partial charge >= 0.3 is 0 Å². The van der Waals surface area contributed by atoms with E-state index in [1.807, 2.05) is 0 Å². The third kappa shape index (κ3) is 2.86. The number of benzene rings is 1. The van der Waals surface area contributed by atoms with Gasteiger partial charge in [-0.3, -0.25) is 0 Å². The van der Waals surface area contributed by atoms with E-state index in [1.165, 1.54) is 42.4 Å². The normalized spacial score (nSPS) is 24.2. The highest BCUT2D eigenvalue weighted by atomic mass is 14.7. The second kappa shape index (κ2) is 5.75.